The normalized spacial score (nSPS) is 14.8. The first kappa shape index (κ1) is 23.0. The second-order valence-electron chi connectivity index (χ2n) is 6.29. The molecule has 1 aliphatic rings. The molecule has 0 saturated carbocycles. The molecule has 2 rings (SSSR count). The first-order chi connectivity index (χ1) is 12.3. The van der Waals surface area contributed by atoms with E-state index in [4.69, 9.17) is 9.26 Å². The molecule has 0 aliphatic carbocycles. The van der Waals surface area contributed by atoms with Crippen LogP contribution in [0.2, 0.25) is 0 Å². The molecule has 1 aromatic rings. The molecule has 0 unspecified atom stereocenters. The van der Waals surface area contributed by atoms with Gasteiger partial charge in [0.25, 0.3) is 0 Å². The molecule has 26 heavy (non-hydrogen) atoms. The van der Waals surface area contributed by atoms with Crippen molar-refractivity contribution < 1.29 is 9.26 Å². The number of rotatable bonds is 9. The van der Waals surface area contributed by atoms with E-state index in [0.29, 0.717) is 12.5 Å². The average Bonchev–Trinajstić information content (AvgIpc) is 3.10. The van der Waals surface area contributed by atoms with Gasteiger partial charge in [0.05, 0.1) is 18.9 Å². The Labute approximate surface area is 174 Å². The standard InChI is InChI=1S/C19H32N4O2.HI/c1-4-16(5-2)18-13-17(25-23-18)14-22-19(20-6-3)21-10-7-15-8-11-24-12-9-15;/h8,13,16H,4-7,9-12,14H2,1-3H3,(H2,20,21,22);1H. The van der Waals surface area contributed by atoms with Crippen LogP contribution in [0.5, 0.6) is 0 Å². The highest BCUT2D eigenvalue weighted by Gasteiger charge is 2.12. The number of hydrogen-bond acceptors (Lipinski definition) is 4. The highest BCUT2D eigenvalue weighted by molar-refractivity contribution is 14.0. The van der Waals surface area contributed by atoms with Crippen molar-refractivity contribution in [3.05, 3.63) is 29.2 Å². The van der Waals surface area contributed by atoms with E-state index in [1.165, 1.54) is 5.57 Å². The van der Waals surface area contributed by atoms with Gasteiger partial charge in [-0.3, -0.25) is 0 Å². The maximum atomic E-state index is 5.44. The van der Waals surface area contributed by atoms with Crippen LogP contribution in [0.3, 0.4) is 0 Å². The Kier molecular flexibility index (Phi) is 11.6. The molecule has 0 saturated heterocycles. The minimum Gasteiger partial charge on any atom is -0.377 e. The monoisotopic (exact) mass is 476 g/mol. The summed E-state index contributed by atoms with van der Waals surface area (Å²) < 4.78 is 10.8. The largest absolute Gasteiger partial charge is 0.377 e. The smallest absolute Gasteiger partial charge is 0.191 e. The number of halogens is 1. The zero-order valence-corrected chi connectivity index (χ0v) is 18.5. The third kappa shape index (κ3) is 7.65. The Morgan fingerprint density at radius 2 is 2.08 bits per heavy atom. The van der Waals surface area contributed by atoms with E-state index in [1.54, 1.807) is 0 Å². The number of ether oxygens (including phenoxy) is 1. The number of aromatic nitrogens is 1. The molecule has 2 heterocycles. The third-order valence-corrected chi connectivity index (χ3v) is 4.51. The van der Waals surface area contributed by atoms with E-state index in [9.17, 15) is 0 Å². The van der Waals surface area contributed by atoms with E-state index in [2.05, 4.69) is 47.6 Å². The van der Waals surface area contributed by atoms with Crippen molar-refractivity contribution in [3.63, 3.8) is 0 Å². The Bertz CT molecular complexity index is 568. The van der Waals surface area contributed by atoms with Crippen molar-refractivity contribution in [1.82, 2.24) is 15.8 Å². The lowest BCUT2D eigenvalue weighted by molar-refractivity contribution is 0.153. The maximum absolute atomic E-state index is 5.44. The molecule has 1 aliphatic heterocycles. The van der Waals surface area contributed by atoms with Crippen molar-refractivity contribution in [2.24, 2.45) is 4.99 Å². The predicted octanol–water partition coefficient (Wildman–Crippen LogP) is 3.99. The van der Waals surface area contributed by atoms with Crippen molar-refractivity contribution in [2.75, 3.05) is 26.3 Å². The summed E-state index contributed by atoms with van der Waals surface area (Å²) in [5, 5.41) is 10.9. The van der Waals surface area contributed by atoms with Crippen molar-refractivity contribution >= 4 is 29.9 Å². The van der Waals surface area contributed by atoms with Crippen LogP contribution >= 0.6 is 24.0 Å². The SMILES string of the molecule is CCNC(=NCc1cc(C(CC)CC)no1)NCCC1=CCOCC1.I. The number of guanidine groups is 1. The molecule has 6 nitrogen and oxygen atoms in total. The third-order valence-electron chi connectivity index (χ3n) is 4.51. The Balaban J connectivity index is 0.00000338. The van der Waals surface area contributed by atoms with Crippen LogP contribution in [0.1, 0.15) is 63.8 Å². The van der Waals surface area contributed by atoms with Crippen LogP contribution in [-0.2, 0) is 11.3 Å². The fourth-order valence-corrected chi connectivity index (χ4v) is 2.94. The first-order valence-corrected chi connectivity index (χ1v) is 9.50. The van der Waals surface area contributed by atoms with E-state index >= 15 is 0 Å². The number of nitrogens with zero attached hydrogens (tertiary/aromatic N) is 2. The van der Waals surface area contributed by atoms with Gasteiger partial charge < -0.3 is 19.9 Å². The minimum absolute atomic E-state index is 0. The number of nitrogens with one attached hydrogen (secondary N) is 2. The molecule has 0 aromatic carbocycles. The van der Waals surface area contributed by atoms with Gasteiger partial charge in [0, 0.05) is 25.1 Å². The fourth-order valence-electron chi connectivity index (χ4n) is 2.94. The highest BCUT2D eigenvalue weighted by atomic mass is 127. The molecule has 7 heteroatoms. The summed E-state index contributed by atoms with van der Waals surface area (Å²) in [5.41, 5.74) is 2.50. The molecule has 0 amide bonds. The minimum atomic E-state index is 0. The summed E-state index contributed by atoms with van der Waals surface area (Å²) in [5.74, 6) is 2.10. The Morgan fingerprint density at radius 1 is 1.27 bits per heavy atom. The van der Waals surface area contributed by atoms with Gasteiger partial charge in [0.15, 0.2) is 11.7 Å². The maximum Gasteiger partial charge on any atom is 0.191 e. The van der Waals surface area contributed by atoms with Gasteiger partial charge in [-0.25, -0.2) is 4.99 Å². The molecule has 1 aromatic heterocycles. The molecule has 0 atom stereocenters. The summed E-state index contributed by atoms with van der Waals surface area (Å²) in [6.45, 7) is 10.2. The van der Waals surface area contributed by atoms with Crippen molar-refractivity contribution in [1.29, 1.82) is 0 Å². The fraction of sp³-hybridized carbons (Fsp3) is 0.684. The molecule has 0 radical (unpaired) electrons. The molecule has 2 N–H and O–H groups in total. The zero-order chi connectivity index (χ0) is 17.9. The number of aliphatic imine (C=N–C) groups is 1. The van der Waals surface area contributed by atoms with Crippen molar-refractivity contribution in [2.45, 2.75) is 58.9 Å². The van der Waals surface area contributed by atoms with Gasteiger partial charge >= 0.3 is 0 Å². The molecule has 0 spiro atoms. The van der Waals surface area contributed by atoms with Crippen LogP contribution in [0.4, 0.5) is 0 Å². The van der Waals surface area contributed by atoms with Gasteiger partial charge in [0.1, 0.15) is 6.54 Å². The van der Waals surface area contributed by atoms with Crippen LogP contribution in [0.25, 0.3) is 0 Å². The van der Waals surface area contributed by atoms with Gasteiger partial charge in [0.2, 0.25) is 0 Å². The highest BCUT2D eigenvalue weighted by Crippen LogP contribution is 2.22. The van der Waals surface area contributed by atoms with E-state index in [1.807, 2.05) is 6.07 Å². The van der Waals surface area contributed by atoms with Gasteiger partial charge in [-0.2, -0.15) is 0 Å². The van der Waals surface area contributed by atoms with E-state index in [0.717, 1.165) is 69.4 Å². The predicted molar refractivity (Wildman–Crippen MR) is 116 cm³/mol. The summed E-state index contributed by atoms with van der Waals surface area (Å²) in [4.78, 5) is 4.61. The van der Waals surface area contributed by atoms with Gasteiger partial charge in [-0.05, 0) is 32.6 Å². The van der Waals surface area contributed by atoms with Crippen LogP contribution in [0.15, 0.2) is 27.2 Å². The summed E-state index contributed by atoms with van der Waals surface area (Å²) in [7, 11) is 0. The second-order valence-corrected chi connectivity index (χ2v) is 6.29. The molecule has 148 valence electrons. The molecule has 0 fully saturated rings. The lowest BCUT2D eigenvalue weighted by Crippen LogP contribution is -2.37. The Morgan fingerprint density at radius 3 is 2.73 bits per heavy atom. The molecular weight excluding hydrogens is 443 g/mol. The van der Waals surface area contributed by atoms with Crippen molar-refractivity contribution in [3.8, 4) is 0 Å². The van der Waals surface area contributed by atoms with Crippen LogP contribution in [0, 0.1) is 0 Å². The lowest BCUT2D eigenvalue weighted by atomic mass is 9.99. The van der Waals surface area contributed by atoms with Crippen LogP contribution < -0.4 is 10.6 Å². The average molecular weight is 476 g/mol. The lowest BCUT2D eigenvalue weighted by Gasteiger charge is -2.15. The molecular formula is C19H33IN4O2. The van der Waals surface area contributed by atoms with E-state index < -0.39 is 0 Å². The topological polar surface area (TPSA) is 71.7 Å². The van der Waals surface area contributed by atoms with E-state index in [-0.39, 0.29) is 24.0 Å². The summed E-state index contributed by atoms with van der Waals surface area (Å²) >= 11 is 0. The summed E-state index contributed by atoms with van der Waals surface area (Å²) in [6, 6.07) is 2.04. The number of hydrogen-bond donors (Lipinski definition) is 2. The summed E-state index contributed by atoms with van der Waals surface area (Å²) in [6.07, 6.45) is 6.40. The zero-order valence-electron chi connectivity index (χ0n) is 16.2. The Hall–Kier alpha value is -1.09. The van der Waals surface area contributed by atoms with Gasteiger partial charge in [-0.15, -0.1) is 24.0 Å². The van der Waals surface area contributed by atoms with Gasteiger partial charge in [-0.1, -0.05) is 30.7 Å². The quantitative estimate of drug-likeness (QED) is 0.244. The first-order valence-electron chi connectivity index (χ1n) is 9.50. The molecule has 0 bridgehead atoms. The second kappa shape index (κ2) is 13.1. The van der Waals surface area contributed by atoms with Crippen LogP contribution in [-0.4, -0.2) is 37.4 Å².